The Bertz CT molecular complexity index is 889. The Morgan fingerprint density at radius 1 is 1.23 bits per heavy atom. The van der Waals surface area contributed by atoms with Crippen molar-refractivity contribution in [2.45, 2.75) is 13.5 Å². The molecule has 2 aromatic rings. The molecule has 0 radical (unpaired) electrons. The van der Waals surface area contributed by atoms with Crippen LogP contribution in [0, 0.1) is 6.92 Å². The molecular weight excluding hydrogens is 362 g/mol. The molecule has 0 N–H and O–H groups in total. The van der Waals surface area contributed by atoms with Crippen LogP contribution in [0.4, 0.5) is 0 Å². The van der Waals surface area contributed by atoms with E-state index in [1.807, 2.05) is 42.5 Å². The molecule has 3 rings (SSSR count). The molecule has 26 heavy (non-hydrogen) atoms. The maximum Gasteiger partial charge on any atom is 0.266 e. The van der Waals surface area contributed by atoms with E-state index in [0.29, 0.717) is 22.4 Å². The third-order valence-electron chi connectivity index (χ3n) is 3.83. The highest BCUT2D eigenvalue weighted by Crippen LogP contribution is 2.32. The van der Waals surface area contributed by atoms with Gasteiger partial charge in [-0.2, -0.15) is 0 Å². The van der Waals surface area contributed by atoms with Crippen molar-refractivity contribution in [3.63, 3.8) is 0 Å². The second-order valence-corrected chi connectivity index (χ2v) is 7.61. The average Bonchev–Trinajstić information content (AvgIpc) is 2.88. The SMILES string of the molecule is C=CCN1C(=O)/C(=C\c2cccc(OCc3cccc(C)c3)c2)SC1=S. The molecule has 0 spiro atoms. The van der Waals surface area contributed by atoms with Crippen LogP contribution in [0.5, 0.6) is 5.75 Å². The van der Waals surface area contributed by atoms with Crippen molar-refractivity contribution in [1.29, 1.82) is 0 Å². The van der Waals surface area contributed by atoms with Gasteiger partial charge in [0.15, 0.2) is 0 Å². The van der Waals surface area contributed by atoms with E-state index in [9.17, 15) is 4.79 Å². The minimum absolute atomic E-state index is 0.0778. The van der Waals surface area contributed by atoms with Crippen LogP contribution in [-0.4, -0.2) is 21.7 Å². The molecule has 1 amide bonds. The van der Waals surface area contributed by atoms with Crippen molar-refractivity contribution in [3.8, 4) is 5.75 Å². The lowest BCUT2D eigenvalue weighted by Gasteiger charge is -2.10. The molecule has 1 fully saturated rings. The number of nitrogens with zero attached hydrogens (tertiary/aromatic N) is 1. The smallest absolute Gasteiger partial charge is 0.266 e. The van der Waals surface area contributed by atoms with Gasteiger partial charge in [0.25, 0.3) is 5.91 Å². The summed E-state index contributed by atoms with van der Waals surface area (Å²) in [6.45, 7) is 6.67. The topological polar surface area (TPSA) is 29.5 Å². The zero-order chi connectivity index (χ0) is 18.5. The van der Waals surface area contributed by atoms with Gasteiger partial charge in [0.1, 0.15) is 16.7 Å². The molecular formula is C21H19NO2S2. The Morgan fingerprint density at radius 2 is 2.04 bits per heavy atom. The number of ether oxygens (including phenoxy) is 1. The van der Waals surface area contributed by atoms with Crippen molar-refractivity contribution in [2.24, 2.45) is 0 Å². The third-order valence-corrected chi connectivity index (χ3v) is 5.21. The summed E-state index contributed by atoms with van der Waals surface area (Å²) in [6, 6.07) is 15.9. The fourth-order valence-electron chi connectivity index (χ4n) is 2.60. The van der Waals surface area contributed by atoms with Gasteiger partial charge in [-0.25, -0.2) is 0 Å². The number of carbonyl (C=O) groups is 1. The number of benzene rings is 2. The fraction of sp³-hybridized carbons (Fsp3) is 0.143. The van der Waals surface area contributed by atoms with E-state index >= 15 is 0 Å². The molecule has 0 aromatic heterocycles. The summed E-state index contributed by atoms with van der Waals surface area (Å²) in [5.74, 6) is 0.688. The fourth-order valence-corrected chi connectivity index (χ4v) is 3.88. The lowest BCUT2D eigenvalue weighted by atomic mass is 10.1. The van der Waals surface area contributed by atoms with Crippen LogP contribution < -0.4 is 4.74 Å². The van der Waals surface area contributed by atoms with Gasteiger partial charge in [-0.05, 0) is 36.3 Å². The number of rotatable bonds is 6. The van der Waals surface area contributed by atoms with E-state index in [-0.39, 0.29) is 5.91 Å². The Hall–Kier alpha value is -2.37. The number of hydrogen-bond acceptors (Lipinski definition) is 4. The molecule has 0 aliphatic carbocycles. The van der Waals surface area contributed by atoms with E-state index in [4.69, 9.17) is 17.0 Å². The van der Waals surface area contributed by atoms with Crippen LogP contribution in [0.2, 0.25) is 0 Å². The predicted molar refractivity (Wildman–Crippen MR) is 112 cm³/mol. The lowest BCUT2D eigenvalue weighted by Crippen LogP contribution is -2.27. The first kappa shape index (κ1) is 18.4. The normalized spacial score (nSPS) is 15.6. The predicted octanol–water partition coefficient (Wildman–Crippen LogP) is 4.96. The van der Waals surface area contributed by atoms with E-state index in [2.05, 4.69) is 25.6 Å². The molecule has 1 heterocycles. The van der Waals surface area contributed by atoms with Crippen LogP contribution in [0.1, 0.15) is 16.7 Å². The number of thiocarbonyl (C=S) groups is 1. The highest BCUT2D eigenvalue weighted by molar-refractivity contribution is 8.26. The van der Waals surface area contributed by atoms with Crippen molar-refractivity contribution < 1.29 is 9.53 Å². The van der Waals surface area contributed by atoms with Gasteiger partial charge in [-0.3, -0.25) is 9.69 Å². The van der Waals surface area contributed by atoms with Crippen molar-refractivity contribution >= 4 is 40.3 Å². The van der Waals surface area contributed by atoms with Gasteiger partial charge < -0.3 is 4.74 Å². The molecule has 3 nitrogen and oxygen atoms in total. The van der Waals surface area contributed by atoms with Gasteiger partial charge in [0.2, 0.25) is 0 Å². The Balaban J connectivity index is 1.72. The number of amides is 1. The molecule has 1 saturated heterocycles. The molecule has 0 atom stereocenters. The maximum absolute atomic E-state index is 12.4. The summed E-state index contributed by atoms with van der Waals surface area (Å²) < 4.78 is 6.45. The first-order valence-corrected chi connectivity index (χ1v) is 9.44. The van der Waals surface area contributed by atoms with Crippen LogP contribution in [-0.2, 0) is 11.4 Å². The van der Waals surface area contributed by atoms with E-state index < -0.39 is 0 Å². The highest BCUT2D eigenvalue weighted by atomic mass is 32.2. The van der Waals surface area contributed by atoms with Crippen LogP contribution in [0.15, 0.2) is 66.1 Å². The van der Waals surface area contributed by atoms with E-state index in [1.54, 1.807) is 11.0 Å². The maximum atomic E-state index is 12.4. The Kier molecular flexibility index (Phi) is 5.91. The first-order valence-electron chi connectivity index (χ1n) is 8.21. The molecule has 0 bridgehead atoms. The average molecular weight is 382 g/mol. The molecule has 2 aromatic carbocycles. The van der Waals surface area contributed by atoms with Gasteiger partial charge in [-0.15, -0.1) is 6.58 Å². The number of aryl methyl sites for hydroxylation is 1. The van der Waals surface area contributed by atoms with E-state index in [1.165, 1.54) is 17.3 Å². The summed E-state index contributed by atoms with van der Waals surface area (Å²) in [5.41, 5.74) is 3.24. The first-order chi connectivity index (χ1) is 12.6. The summed E-state index contributed by atoms with van der Waals surface area (Å²) in [4.78, 5) is 14.6. The van der Waals surface area contributed by atoms with Crippen LogP contribution >= 0.6 is 24.0 Å². The van der Waals surface area contributed by atoms with Gasteiger partial charge in [0.05, 0.1) is 4.91 Å². The molecule has 1 aliphatic heterocycles. The van der Waals surface area contributed by atoms with Gasteiger partial charge in [-0.1, -0.05) is 72.0 Å². The van der Waals surface area contributed by atoms with Crippen molar-refractivity contribution in [3.05, 3.63) is 82.8 Å². The standard InChI is InChI=1S/C21H19NO2S2/c1-3-10-22-20(23)19(26-21(22)25)13-16-7-5-9-18(12-16)24-14-17-8-4-6-15(2)11-17/h3-9,11-13H,1,10,14H2,2H3/b19-13+. The number of carbonyl (C=O) groups excluding carboxylic acids is 1. The minimum Gasteiger partial charge on any atom is -0.489 e. The Morgan fingerprint density at radius 3 is 2.81 bits per heavy atom. The molecule has 0 saturated carbocycles. The summed E-state index contributed by atoms with van der Waals surface area (Å²) in [5, 5.41) is 0. The lowest BCUT2D eigenvalue weighted by molar-refractivity contribution is -0.121. The number of thioether (sulfide) groups is 1. The summed E-state index contributed by atoms with van der Waals surface area (Å²) >= 11 is 6.58. The van der Waals surface area contributed by atoms with Crippen LogP contribution in [0.25, 0.3) is 6.08 Å². The zero-order valence-corrected chi connectivity index (χ0v) is 16.1. The molecule has 132 valence electrons. The van der Waals surface area contributed by atoms with Gasteiger partial charge in [0, 0.05) is 6.54 Å². The van der Waals surface area contributed by atoms with E-state index in [0.717, 1.165) is 16.9 Å². The van der Waals surface area contributed by atoms with Crippen LogP contribution in [0.3, 0.4) is 0 Å². The second kappa shape index (κ2) is 8.34. The Labute approximate surface area is 163 Å². The molecule has 1 aliphatic rings. The van der Waals surface area contributed by atoms with Crippen molar-refractivity contribution in [2.75, 3.05) is 6.54 Å². The van der Waals surface area contributed by atoms with Gasteiger partial charge >= 0.3 is 0 Å². The summed E-state index contributed by atoms with van der Waals surface area (Å²) in [7, 11) is 0. The summed E-state index contributed by atoms with van der Waals surface area (Å²) in [6.07, 6.45) is 3.52. The zero-order valence-electron chi connectivity index (χ0n) is 14.5. The molecule has 0 unspecified atom stereocenters. The largest absolute Gasteiger partial charge is 0.489 e. The van der Waals surface area contributed by atoms with Crippen molar-refractivity contribution in [1.82, 2.24) is 4.90 Å². The quantitative estimate of drug-likeness (QED) is 0.402. The monoisotopic (exact) mass is 381 g/mol. The highest BCUT2D eigenvalue weighted by Gasteiger charge is 2.30. The third kappa shape index (κ3) is 4.42. The number of hydrogen-bond donors (Lipinski definition) is 0. The second-order valence-electron chi connectivity index (χ2n) is 5.93. The molecule has 5 heteroatoms. The minimum atomic E-state index is -0.0778.